The van der Waals surface area contributed by atoms with Crippen LogP contribution in [0.2, 0.25) is 0 Å². The smallest absolute Gasteiger partial charge is 0.321 e. The van der Waals surface area contributed by atoms with E-state index in [2.05, 4.69) is 27.8 Å². The van der Waals surface area contributed by atoms with Gasteiger partial charge in [-0.25, -0.2) is 9.78 Å². The summed E-state index contributed by atoms with van der Waals surface area (Å²) in [7, 11) is 0. The Bertz CT molecular complexity index is 1010. The Morgan fingerprint density at radius 1 is 1.07 bits per heavy atom. The molecule has 5 nitrogen and oxygen atoms in total. The SMILES string of the molecule is O=C(NCCCc1ccccc1)Nc1nc(-c2cc3ccccc3o2)cs1. The van der Waals surface area contributed by atoms with Gasteiger partial charge in [-0.15, -0.1) is 11.3 Å². The van der Waals surface area contributed by atoms with Crippen molar-refractivity contribution in [1.82, 2.24) is 10.3 Å². The number of aryl methyl sites for hydroxylation is 1. The number of hydrogen-bond donors (Lipinski definition) is 2. The summed E-state index contributed by atoms with van der Waals surface area (Å²) in [6.45, 7) is 0.614. The van der Waals surface area contributed by atoms with Crippen LogP contribution in [-0.4, -0.2) is 17.6 Å². The molecular formula is C21H19N3O2S. The number of aromatic nitrogens is 1. The number of nitrogens with zero attached hydrogens (tertiary/aromatic N) is 1. The van der Waals surface area contributed by atoms with E-state index in [0.29, 0.717) is 17.4 Å². The monoisotopic (exact) mass is 377 g/mol. The van der Waals surface area contributed by atoms with Crippen molar-refractivity contribution >= 4 is 33.5 Å². The molecule has 27 heavy (non-hydrogen) atoms. The molecule has 0 aliphatic rings. The zero-order chi connectivity index (χ0) is 18.5. The second-order valence-corrected chi connectivity index (χ2v) is 7.01. The van der Waals surface area contributed by atoms with E-state index in [-0.39, 0.29) is 6.03 Å². The lowest BCUT2D eigenvalue weighted by Gasteiger charge is -2.05. The molecule has 2 heterocycles. The highest BCUT2D eigenvalue weighted by Crippen LogP contribution is 2.30. The van der Waals surface area contributed by atoms with Gasteiger partial charge in [0.25, 0.3) is 0 Å². The van der Waals surface area contributed by atoms with E-state index < -0.39 is 0 Å². The van der Waals surface area contributed by atoms with Crippen LogP contribution in [-0.2, 0) is 6.42 Å². The van der Waals surface area contributed by atoms with Crippen molar-refractivity contribution in [1.29, 1.82) is 0 Å². The van der Waals surface area contributed by atoms with Crippen molar-refractivity contribution in [3.63, 3.8) is 0 Å². The number of thiazole rings is 1. The molecule has 0 spiro atoms. The number of urea groups is 1. The first-order valence-corrected chi connectivity index (χ1v) is 9.69. The Balaban J connectivity index is 1.29. The van der Waals surface area contributed by atoms with Crippen molar-refractivity contribution in [2.75, 3.05) is 11.9 Å². The summed E-state index contributed by atoms with van der Waals surface area (Å²) >= 11 is 1.38. The maximum Gasteiger partial charge on any atom is 0.321 e. The van der Waals surface area contributed by atoms with E-state index >= 15 is 0 Å². The number of carbonyl (C=O) groups is 1. The molecule has 2 N–H and O–H groups in total. The van der Waals surface area contributed by atoms with Gasteiger partial charge < -0.3 is 9.73 Å². The van der Waals surface area contributed by atoms with Crippen LogP contribution in [0.15, 0.2) is 70.5 Å². The fourth-order valence-corrected chi connectivity index (χ4v) is 3.53. The van der Waals surface area contributed by atoms with E-state index in [9.17, 15) is 4.79 Å². The summed E-state index contributed by atoms with van der Waals surface area (Å²) in [4.78, 5) is 16.5. The summed E-state index contributed by atoms with van der Waals surface area (Å²) in [5, 5.41) is 9.10. The van der Waals surface area contributed by atoms with Crippen LogP contribution in [0.25, 0.3) is 22.4 Å². The van der Waals surface area contributed by atoms with E-state index in [4.69, 9.17) is 4.42 Å². The van der Waals surface area contributed by atoms with Gasteiger partial charge in [-0.1, -0.05) is 48.5 Å². The lowest BCUT2D eigenvalue weighted by molar-refractivity contribution is 0.252. The van der Waals surface area contributed by atoms with Gasteiger partial charge in [0.2, 0.25) is 0 Å². The van der Waals surface area contributed by atoms with Gasteiger partial charge in [0.15, 0.2) is 10.9 Å². The average molecular weight is 377 g/mol. The summed E-state index contributed by atoms with van der Waals surface area (Å²) < 4.78 is 5.81. The highest BCUT2D eigenvalue weighted by atomic mass is 32.1. The third kappa shape index (κ3) is 4.35. The van der Waals surface area contributed by atoms with E-state index in [1.165, 1.54) is 16.9 Å². The zero-order valence-corrected chi connectivity index (χ0v) is 15.5. The number of amides is 2. The molecule has 2 amide bonds. The quantitative estimate of drug-likeness (QED) is 0.447. The molecule has 0 aliphatic heterocycles. The van der Waals surface area contributed by atoms with Crippen LogP contribution in [0.4, 0.5) is 9.93 Å². The van der Waals surface area contributed by atoms with E-state index in [1.807, 2.05) is 53.9 Å². The van der Waals surface area contributed by atoms with Crippen molar-refractivity contribution in [3.05, 3.63) is 71.6 Å². The number of fused-ring (bicyclic) bond motifs is 1. The Morgan fingerprint density at radius 3 is 2.74 bits per heavy atom. The topological polar surface area (TPSA) is 67.2 Å². The first-order chi connectivity index (χ1) is 13.3. The number of carbonyl (C=O) groups excluding carboxylic acids is 1. The molecule has 2 aromatic heterocycles. The summed E-state index contributed by atoms with van der Waals surface area (Å²) in [5.41, 5.74) is 2.82. The van der Waals surface area contributed by atoms with Crippen LogP contribution < -0.4 is 10.6 Å². The third-order valence-corrected chi connectivity index (χ3v) is 4.93. The predicted molar refractivity (Wildman–Crippen MR) is 109 cm³/mol. The number of para-hydroxylation sites is 1. The lowest BCUT2D eigenvalue weighted by Crippen LogP contribution is -2.29. The van der Waals surface area contributed by atoms with Crippen LogP contribution in [0.3, 0.4) is 0 Å². The largest absolute Gasteiger partial charge is 0.454 e. The second kappa shape index (κ2) is 8.05. The fraction of sp³-hybridized carbons (Fsp3) is 0.143. The van der Waals surface area contributed by atoms with Crippen molar-refractivity contribution in [2.45, 2.75) is 12.8 Å². The van der Waals surface area contributed by atoms with Crippen LogP contribution >= 0.6 is 11.3 Å². The Labute approximate surface area is 161 Å². The molecule has 4 rings (SSSR count). The maximum atomic E-state index is 12.0. The molecule has 0 radical (unpaired) electrons. The van der Waals surface area contributed by atoms with Gasteiger partial charge in [-0.2, -0.15) is 0 Å². The van der Waals surface area contributed by atoms with Gasteiger partial charge >= 0.3 is 6.03 Å². The summed E-state index contributed by atoms with van der Waals surface area (Å²) in [6.07, 6.45) is 1.83. The molecule has 0 aliphatic carbocycles. The van der Waals surface area contributed by atoms with Gasteiger partial charge in [0.1, 0.15) is 11.3 Å². The first-order valence-electron chi connectivity index (χ1n) is 8.81. The molecule has 6 heteroatoms. The number of anilines is 1. The molecule has 0 atom stereocenters. The molecule has 0 unspecified atom stereocenters. The normalized spacial score (nSPS) is 10.8. The molecule has 0 fully saturated rings. The van der Waals surface area contributed by atoms with Crippen LogP contribution in [0.5, 0.6) is 0 Å². The maximum absolute atomic E-state index is 12.0. The summed E-state index contributed by atoms with van der Waals surface area (Å²) in [6, 6.07) is 19.8. The van der Waals surface area contributed by atoms with Crippen LogP contribution in [0.1, 0.15) is 12.0 Å². The van der Waals surface area contributed by atoms with E-state index in [0.717, 1.165) is 29.5 Å². The minimum atomic E-state index is -0.242. The van der Waals surface area contributed by atoms with Crippen molar-refractivity contribution in [2.24, 2.45) is 0 Å². The number of furan rings is 1. The second-order valence-electron chi connectivity index (χ2n) is 6.16. The average Bonchev–Trinajstić information content (AvgIpc) is 3.32. The molecule has 136 valence electrons. The molecule has 2 aromatic carbocycles. The third-order valence-electron chi connectivity index (χ3n) is 4.17. The molecule has 0 bridgehead atoms. The predicted octanol–water partition coefficient (Wildman–Crippen LogP) is 5.31. The first kappa shape index (κ1) is 17.3. The molecule has 4 aromatic rings. The Morgan fingerprint density at radius 2 is 1.89 bits per heavy atom. The van der Waals surface area contributed by atoms with E-state index in [1.54, 1.807) is 0 Å². The molecular weight excluding hydrogens is 358 g/mol. The number of benzene rings is 2. The van der Waals surface area contributed by atoms with Crippen molar-refractivity contribution < 1.29 is 9.21 Å². The van der Waals surface area contributed by atoms with Gasteiger partial charge in [-0.05, 0) is 30.5 Å². The Hall–Kier alpha value is -3.12. The fourth-order valence-electron chi connectivity index (χ4n) is 2.83. The van der Waals surface area contributed by atoms with Gasteiger partial charge in [0.05, 0.1) is 0 Å². The highest BCUT2D eigenvalue weighted by Gasteiger charge is 2.11. The minimum Gasteiger partial charge on any atom is -0.454 e. The van der Waals surface area contributed by atoms with Crippen molar-refractivity contribution in [3.8, 4) is 11.5 Å². The van der Waals surface area contributed by atoms with Crippen LogP contribution in [0, 0.1) is 0 Å². The standard InChI is InChI=1S/C21H19N3O2S/c25-20(22-12-6-9-15-7-2-1-3-8-15)24-21-23-17(14-27-21)19-13-16-10-4-5-11-18(16)26-19/h1-5,7-8,10-11,13-14H,6,9,12H2,(H2,22,23,24,25). The lowest BCUT2D eigenvalue weighted by atomic mass is 10.1. The zero-order valence-electron chi connectivity index (χ0n) is 14.6. The molecule has 0 saturated heterocycles. The Kier molecular flexibility index (Phi) is 5.16. The number of nitrogens with one attached hydrogen (secondary N) is 2. The number of hydrogen-bond acceptors (Lipinski definition) is 4. The highest BCUT2D eigenvalue weighted by molar-refractivity contribution is 7.14. The summed E-state index contributed by atoms with van der Waals surface area (Å²) in [5.74, 6) is 0.698. The molecule has 0 saturated carbocycles. The minimum absolute atomic E-state index is 0.242. The van der Waals surface area contributed by atoms with Gasteiger partial charge in [-0.3, -0.25) is 5.32 Å². The number of rotatable bonds is 6. The van der Waals surface area contributed by atoms with Gasteiger partial charge in [0, 0.05) is 17.3 Å².